The Bertz CT molecular complexity index is 338. The fourth-order valence-corrected chi connectivity index (χ4v) is 2.72. The topological polar surface area (TPSA) is 49.3 Å². The molecular formula is C11H17NO2S2. The van der Waals surface area contributed by atoms with Crippen molar-refractivity contribution in [2.45, 2.75) is 26.4 Å². The highest BCUT2D eigenvalue weighted by atomic mass is 32.2. The van der Waals surface area contributed by atoms with Gasteiger partial charge in [0.05, 0.1) is 0 Å². The van der Waals surface area contributed by atoms with Crippen molar-refractivity contribution in [3.05, 3.63) is 21.9 Å². The first-order valence-corrected chi connectivity index (χ1v) is 7.23. The highest BCUT2D eigenvalue weighted by Gasteiger charge is 2.07. The monoisotopic (exact) mass is 259 g/mol. The van der Waals surface area contributed by atoms with E-state index in [1.165, 1.54) is 11.3 Å². The summed E-state index contributed by atoms with van der Waals surface area (Å²) in [6.07, 6.45) is 0. The van der Waals surface area contributed by atoms with Gasteiger partial charge in [0, 0.05) is 23.2 Å². The SMILES string of the molecule is CCSCC(C)NCc1ccc(C(=O)O)s1. The van der Waals surface area contributed by atoms with Gasteiger partial charge >= 0.3 is 5.97 Å². The summed E-state index contributed by atoms with van der Waals surface area (Å²) < 4.78 is 0. The van der Waals surface area contributed by atoms with E-state index in [4.69, 9.17) is 5.11 Å². The van der Waals surface area contributed by atoms with E-state index in [1.807, 2.05) is 17.8 Å². The number of nitrogens with one attached hydrogen (secondary N) is 1. The number of hydrogen-bond donors (Lipinski definition) is 2. The average Bonchev–Trinajstić information content (AvgIpc) is 2.72. The van der Waals surface area contributed by atoms with E-state index in [2.05, 4.69) is 19.2 Å². The molecule has 0 aliphatic rings. The van der Waals surface area contributed by atoms with Crippen LogP contribution in [0.2, 0.25) is 0 Å². The predicted molar refractivity (Wildman–Crippen MR) is 70.6 cm³/mol. The Balaban J connectivity index is 2.33. The Morgan fingerprint density at radius 2 is 2.38 bits per heavy atom. The maximum absolute atomic E-state index is 10.7. The maximum Gasteiger partial charge on any atom is 0.345 e. The summed E-state index contributed by atoms with van der Waals surface area (Å²) in [6.45, 7) is 5.05. The van der Waals surface area contributed by atoms with Crippen LogP contribution in [-0.2, 0) is 6.54 Å². The second kappa shape index (κ2) is 6.93. The molecule has 0 amide bonds. The Labute approximate surface area is 104 Å². The predicted octanol–water partition coefficient (Wildman–Crippen LogP) is 2.68. The number of rotatable bonds is 7. The van der Waals surface area contributed by atoms with Gasteiger partial charge in [0.25, 0.3) is 0 Å². The van der Waals surface area contributed by atoms with Crippen LogP contribution < -0.4 is 5.32 Å². The van der Waals surface area contributed by atoms with Crippen LogP contribution in [0, 0.1) is 0 Å². The van der Waals surface area contributed by atoms with Gasteiger partial charge in [-0.05, 0) is 24.8 Å². The molecule has 1 rings (SSSR count). The molecule has 0 fully saturated rings. The number of thioether (sulfide) groups is 1. The minimum absolute atomic E-state index is 0.410. The maximum atomic E-state index is 10.7. The lowest BCUT2D eigenvalue weighted by atomic mass is 10.3. The Kier molecular flexibility index (Phi) is 5.87. The van der Waals surface area contributed by atoms with Gasteiger partial charge in [0.2, 0.25) is 0 Å². The number of carbonyl (C=O) groups is 1. The van der Waals surface area contributed by atoms with Crippen molar-refractivity contribution in [1.82, 2.24) is 5.32 Å². The third-order valence-electron chi connectivity index (χ3n) is 2.07. The first-order valence-electron chi connectivity index (χ1n) is 5.26. The van der Waals surface area contributed by atoms with Gasteiger partial charge in [-0.3, -0.25) is 0 Å². The molecule has 0 saturated carbocycles. The van der Waals surface area contributed by atoms with Crippen molar-refractivity contribution < 1.29 is 9.90 Å². The standard InChI is InChI=1S/C11H17NO2S2/c1-3-15-7-8(2)12-6-9-4-5-10(16-9)11(13)14/h4-5,8,12H,3,6-7H2,1-2H3,(H,13,14). The van der Waals surface area contributed by atoms with Gasteiger partial charge < -0.3 is 10.4 Å². The molecule has 5 heteroatoms. The molecule has 0 aliphatic heterocycles. The van der Waals surface area contributed by atoms with Crippen LogP contribution in [0.4, 0.5) is 0 Å². The van der Waals surface area contributed by atoms with Crippen LogP contribution in [0.3, 0.4) is 0 Å². The summed E-state index contributed by atoms with van der Waals surface area (Å²) in [6, 6.07) is 4.00. The minimum Gasteiger partial charge on any atom is -0.477 e. The van der Waals surface area contributed by atoms with Crippen molar-refractivity contribution in [2.75, 3.05) is 11.5 Å². The lowest BCUT2D eigenvalue weighted by Gasteiger charge is -2.11. The van der Waals surface area contributed by atoms with E-state index in [9.17, 15) is 4.79 Å². The van der Waals surface area contributed by atoms with Crippen molar-refractivity contribution in [3.63, 3.8) is 0 Å². The zero-order valence-electron chi connectivity index (χ0n) is 9.53. The molecule has 0 radical (unpaired) electrons. The molecule has 1 aromatic heterocycles. The molecule has 0 aliphatic carbocycles. The Morgan fingerprint density at radius 3 is 2.94 bits per heavy atom. The average molecular weight is 259 g/mol. The molecule has 1 heterocycles. The summed E-state index contributed by atoms with van der Waals surface area (Å²) in [4.78, 5) is 12.2. The molecule has 0 bridgehead atoms. The summed E-state index contributed by atoms with van der Waals surface area (Å²) in [5.74, 6) is 1.38. The molecule has 1 unspecified atom stereocenters. The summed E-state index contributed by atoms with van der Waals surface area (Å²) in [5.41, 5.74) is 0. The first kappa shape index (κ1) is 13.5. The van der Waals surface area contributed by atoms with Crippen LogP contribution in [-0.4, -0.2) is 28.6 Å². The smallest absolute Gasteiger partial charge is 0.345 e. The van der Waals surface area contributed by atoms with Gasteiger partial charge in [0.1, 0.15) is 4.88 Å². The Morgan fingerprint density at radius 1 is 1.62 bits per heavy atom. The van der Waals surface area contributed by atoms with E-state index < -0.39 is 5.97 Å². The number of hydrogen-bond acceptors (Lipinski definition) is 4. The lowest BCUT2D eigenvalue weighted by molar-refractivity contribution is 0.0702. The van der Waals surface area contributed by atoms with Crippen molar-refractivity contribution in [2.24, 2.45) is 0 Å². The van der Waals surface area contributed by atoms with Gasteiger partial charge in [-0.2, -0.15) is 11.8 Å². The largest absolute Gasteiger partial charge is 0.477 e. The molecule has 16 heavy (non-hydrogen) atoms. The fourth-order valence-electron chi connectivity index (χ4n) is 1.22. The van der Waals surface area contributed by atoms with Crippen LogP contribution in [0.1, 0.15) is 28.4 Å². The highest BCUT2D eigenvalue weighted by Crippen LogP contribution is 2.16. The molecule has 0 aromatic carbocycles. The second-order valence-corrected chi connectivity index (χ2v) is 6.00. The van der Waals surface area contributed by atoms with Crippen LogP contribution >= 0.6 is 23.1 Å². The summed E-state index contributed by atoms with van der Waals surface area (Å²) >= 11 is 3.25. The number of aromatic carboxylic acids is 1. The van der Waals surface area contributed by atoms with Crippen molar-refractivity contribution in [3.8, 4) is 0 Å². The summed E-state index contributed by atoms with van der Waals surface area (Å²) in [7, 11) is 0. The number of carboxylic acid groups (broad SMARTS) is 1. The Hall–Kier alpha value is -0.520. The zero-order valence-corrected chi connectivity index (χ0v) is 11.2. The second-order valence-electron chi connectivity index (χ2n) is 3.51. The van der Waals surface area contributed by atoms with Gasteiger partial charge in [0.15, 0.2) is 0 Å². The van der Waals surface area contributed by atoms with Crippen LogP contribution in [0.5, 0.6) is 0 Å². The minimum atomic E-state index is -0.842. The normalized spacial score (nSPS) is 12.6. The molecular weight excluding hydrogens is 242 g/mol. The van der Waals surface area contributed by atoms with E-state index in [0.29, 0.717) is 10.9 Å². The van der Waals surface area contributed by atoms with Crippen LogP contribution in [0.15, 0.2) is 12.1 Å². The molecule has 90 valence electrons. The third-order valence-corrected chi connectivity index (χ3v) is 4.29. The number of thiophene rings is 1. The molecule has 3 nitrogen and oxygen atoms in total. The van der Waals surface area contributed by atoms with E-state index in [-0.39, 0.29) is 0 Å². The first-order chi connectivity index (χ1) is 7.63. The van der Waals surface area contributed by atoms with Crippen LogP contribution in [0.25, 0.3) is 0 Å². The molecule has 1 atom stereocenters. The van der Waals surface area contributed by atoms with Crippen molar-refractivity contribution >= 4 is 29.1 Å². The molecule has 2 N–H and O–H groups in total. The van der Waals surface area contributed by atoms with Gasteiger partial charge in [-0.25, -0.2) is 4.79 Å². The summed E-state index contributed by atoms with van der Waals surface area (Å²) in [5, 5.41) is 12.2. The third kappa shape index (κ3) is 4.55. The van der Waals surface area contributed by atoms with E-state index >= 15 is 0 Å². The molecule has 0 saturated heterocycles. The van der Waals surface area contributed by atoms with Gasteiger partial charge in [-0.1, -0.05) is 6.92 Å². The highest BCUT2D eigenvalue weighted by molar-refractivity contribution is 7.99. The zero-order chi connectivity index (χ0) is 12.0. The fraction of sp³-hybridized carbons (Fsp3) is 0.545. The number of carboxylic acids is 1. The quantitative estimate of drug-likeness (QED) is 0.790. The lowest BCUT2D eigenvalue weighted by Crippen LogP contribution is -2.27. The van der Waals surface area contributed by atoms with E-state index in [0.717, 1.165) is 22.9 Å². The molecule has 1 aromatic rings. The van der Waals surface area contributed by atoms with Gasteiger partial charge in [-0.15, -0.1) is 11.3 Å². The molecule has 0 spiro atoms. The van der Waals surface area contributed by atoms with E-state index in [1.54, 1.807) is 6.07 Å². The van der Waals surface area contributed by atoms with Crippen molar-refractivity contribution in [1.29, 1.82) is 0 Å².